The Balaban J connectivity index is 2.11. The highest BCUT2D eigenvalue weighted by Crippen LogP contribution is 2.40. The molecule has 17 heavy (non-hydrogen) atoms. The Morgan fingerprint density at radius 1 is 1.47 bits per heavy atom. The predicted octanol–water partition coefficient (Wildman–Crippen LogP) is 2.44. The van der Waals surface area contributed by atoms with E-state index in [2.05, 4.69) is 29.6 Å². The zero-order valence-corrected chi connectivity index (χ0v) is 10.2. The third-order valence-corrected chi connectivity index (χ3v) is 3.52. The molecule has 1 atom stereocenters. The number of nitrogens with two attached hydrogens (primary N) is 1. The summed E-state index contributed by atoms with van der Waals surface area (Å²) in [6.07, 6.45) is 5.68. The highest BCUT2D eigenvalue weighted by molar-refractivity contribution is 5.36. The first-order valence-corrected chi connectivity index (χ1v) is 5.93. The average Bonchev–Trinajstić information content (AvgIpc) is 2.82. The molecule has 4 heteroatoms. The fourth-order valence-electron chi connectivity index (χ4n) is 2.78. The minimum absolute atomic E-state index is 0.127. The molecule has 0 saturated heterocycles. The van der Waals surface area contributed by atoms with Crippen molar-refractivity contribution in [1.29, 1.82) is 0 Å². The topological polar surface area (TPSA) is 57.0 Å². The smallest absolute Gasteiger partial charge is 0.180 e. The van der Waals surface area contributed by atoms with Crippen molar-refractivity contribution in [3.8, 4) is 5.82 Å². The van der Waals surface area contributed by atoms with E-state index in [9.17, 15) is 0 Å². The van der Waals surface area contributed by atoms with E-state index in [0.29, 0.717) is 0 Å². The highest BCUT2D eigenvalue weighted by Gasteiger charge is 2.32. The van der Waals surface area contributed by atoms with Gasteiger partial charge in [-0.3, -0.25) is 0 Å². The summed E-state index contributed by atoms with van der Waals surface area (Å²) in [4.78, 5) is 0. The van der Waals surface area contributed by atoms with Gasteiger partial charge in [-0.1, -0.05) is 19.0 Å². The molecule has 0 fully saturated rings. The Morgan fingerprint density at radius 3 is 3.00 bits per heavy atom. The Bertz CT molecular complexity index is 525. The van der Waals surface area contributed by atoms with Crippen molar-refractivity contribution in [2.75, 3.05) is 0 Å². The lowest BCUT2D eigenvalue weighted by molar-refractivity contribution is 0.278. The summed E-state index contributed by atoms with van der Waals surface area (Å²) in [7, 11) is 0. The highest BCUT2D eigenvalue weighted by atomic mass is 16.5. The molecule has 0 aliphatic heterocycles. The van der Waals surface area contributed by atoms with Crippen LogP contribution in [0.1, 0.15) is 37.6 Å². The van der Waals surface area contributed by atoms with Gasteiger partial charge in [-0.05, 0) is 29.9 Å². The first kappa shape index (κ1) is 10.6. The van der Waals surface area contributed by atoms with Crippen LogP contribution < -0.4 is 5.73 Å². The van der Waals surface area contributed by atoms with Gasteiger partial charge in [0.15, 0.2) is 5.82 Å². The molecule has 0 aromatic carbocycles. The molecule has 1 unspecified atom stereocenters. The summed E-state index contributed by atoms with van der Waals surface area (Å²) in [5.74, 6) is 0.830. The second-order valence-electron chi connectivity index (χ2n) is 5.60. The third-order valence-electron chi connectivity index (χ3n) is 3.52. The van der Waals surface area contributed by atoms with Crippen LogP contribution in [-0.2, 0) is 6.42 Å². The summed E-state index contributed by atoms with van der Waals surface area (Å²) in [6.45, 7) is 4.52. The second-order valence-corrected chi connectivity index (χ2v) is 5.60. The maximum atomic E-state index is 6.23. The van der Waals surface area contributed by atoms with E-state index in [1.54, 1.807) is 6.26 Å². The zero-order chi connectivity index (χ0) is 12.0. The summed E-state index contributed by atoms with van der Waals surface area (Å²) in [6, 6.07) is 4.10. The van der Waals surface area contributed by atoms with Gasteiger partial charge >= 0.3 is 0 Å². The number of hydrogen-bond donors (Lipinski definition) is 1. The van der Waals surface area contributed by atoms with E-state index in [1.807, 2.05) is 12.3 Å². The van der Waals surface area contributed by atoms with Crippen LogP contribution in [0.25, 0.3) is 5.82 Å². The van der Waals surface area contributed by atoms with Gasteiger partial charge in [0, 0.05) is 24.0 Å². The Kier molecular flexibility index (Phi) is 2.16. The SMILES string of the molecule is CC1(C)Cc2c(ccn2-c2ccon2)C(N)C1. The summed E-state index contributed by atoms with van der Waals surface area (Å²) in [5, 5.41) is 3.99. The van der Waals surface area contributed by atoms with Gasteiger partial charge in [-0.2, -0.15) is 0 Å². The van der Waals surface area contributed by atoms with E-state index in [0.717, 1.165) is 18.7 Å². The van der Waals surface area contributed by atoms with E-state index in [1.165, 1.54) is 11.3 Å². The molecule has 2 aromatic heterocycles. The van der Waals surface area contributed by atoms with Gasteiger partial charge < -0.3 is 14.8 Å². The van der Waals surface area contributed by atoms with Crippen LogP contribution >= 0.6 is 0 Å². The molecule has 0 bridgehead atoms. The van der Waals surface area contributed by atoms with E-state index >= 15 is 0 Å². The van der Waals surface area contributed by atoms with Crippen LogP contribution in [0, 0.1) is 5.41 Å². The zero-order valence-electron chi connectivity index (χ0n) is 10.2. The van der Waals surface area contributed by atoms with Crippen molar-refractivity contribution in [2.24, 2.45) is 11.1 Å². The Labute approximate surface area is 100 Å². The molecule has 0 amide bonds. The summed E-state index contributed by atoms with van der Waals surface area (Å²) in [5.41, 5.74) is 8.98. The number of nitrogens with zero attached hydrogens (tertiary/aromatic N) is 2. The lowest BCUT2D eigenvalue weighted by Crippen LogP contribution is -2.30. The number of hydrogen-bond acceptors (Lipinski definition) is 3. The number of aromatic nitrogens is 2. The summed E-state index contributed by atoms with van der Waals surface area (Å²) < 4.78 is 6.99. The molecule has 2 heterocycles. The first-order valence-electron chi connectivity index (χ1n) is 5.93. The molecule has 0 spiro atoms. The van der Waals surface area contributed by atoms with Gasteiger partial charge in [0.1, 0.15) is 6.26 Å². The Hall–Kier alpha value is -1.55. The van der Waals surface area contributed by atoms with Crippen molar-refractivity contribution in [2.45, 2.75) is 32.7 Å². The molecular weight excluding hydrogens is 214 g/mol. The van der Waals surface area contributed by atoms with Crippen molar-refractivity contribution in [3.05, 3.63) is 35.9 Å². The summed E-state index contributed by atoms with van der Waals surface area (Å²) >= 11 is 0. The molecule has 90 valence electrons. The lowest BCUT2D eigenvalue weighted by atomic mass is 9.74. The molecular formula is C13H17N3O. The minimum atomic E-state index is 0.127. The fraction of sp³-hybridized carbons (Fsp3) is 0.462. The standard InChI is InChI=1S/C13H17N3O/c1-13(2)7-10(14)9-3-5-16(11(9)8-13)12-4-6-17-15-12/h3-6,10H,7-8,14H2,1-2H3. The van der Waals surface area contributed by atoms with Crippen molar-refractivity contribution in [1.82, 2.24) is 9.72 Å². The largest absolute Gasteiger partial charge is 0.363 e. The first-order chi connectivity index (χ1) is 8.07. The molecule has 2 aromatic rings. The molecule has 0 radical (unpaired) electrons. The van der Waals surface area contributed by atoms with E-state index in [-0.39, 0.29) is 11.5 Å². The second kappa shape index (κ2) is 3.47. The molecule has 4 nitrogen and oxygen atoms in total. The van der Waals surface area contributed by atoms with Gasteiger partial charge in [0.2, 0.25) is 0 Å². The van der Waals surface area contributed by atoms with Crippen LogP contribution in [0.15, 0.2) is 29.1 Å². The maximum absolute atomic E-state index is 6.23. The molecule has 3 rings (SSSR count). The minimum Gasteiger partial charge on any atom is -0.363 e. The van der Waals surface area contributed by atoms with Crippen molar-refractivity contribution >= 4 is 0 Å². The van der Waals surface area contributed by atoms with Crippen molar-refractivity contribution < 1.29 is 4.52 Å². The monoisotopic (exact) mass is 231 g/mol. The van der Waals surface area contributed by atoms with Crippen LogP contribution in [0.4, 0.5) is 0 Å². The quantitative estimate of drug-likeness (QED) is 0.820. The van der Waals surface area contributed by atoms with Gasteiger partial charge in [-0.15, -0.1) is 0 Å². The van der Waals surface area contributed by atoms with E-state index < -0.39 is 0 Å². The number of rotatable bonds is 1. The average molecular weight is 231 g/mol. The molecule has 0 saturated carbocycles. The van der Waals surface area contributed by atoms with Crippen LogP contribution in [0.3, 0.4) is 0 Å². The van der Waals surface area contributed by atoms with E-state index in [4.69, 9.17) is 10.3 Å². The van der Waals surface area contributed by atoms with Gasteiger partial charge in [0.05, 0.1) is 0 Å². The lowest BCUT2D eigenvalue weighted by Gasteiger charge is -2.34. The molecule has 2 N–H and O–H groups in total. The Morgan fingerprint density at radius 2 is 2.29 bits per heavy atom. The van der Waals surface area contributed by atoms with Crippen LogP contribution in [0.5, 0.6) is 0 Å². The third kappa shape index (κ3) is 1.69. The fourth-order valence-corrected chi connectivity index (χ4v) is 2.78. The molecule has 1 aliphatic carbocycles. The van der Waals surface area contributed by atoms with Crippen molar-refractivity contribution in [3.63, 3.8) is 0 Å². The predicted molar refractivity (Wildman–Crippen MR) is 64.9 cm³/mol. The van der Waals surface area contributed by atoms with Crippen LogP contribution in [-0.4, -0.2) is 9.72 Å². The van der Waals surface area contributed by atoms with Gasteiger partial charge in [-0.25, -0.2) is 0 Å². The number of fused-ring (bicyclic) bond motifs is 1. The van der Waals surface area contributed by atoms with Gasteiger partial charge in [0.25, 0.3) is 0 Å². The normalized spacial score (nSPS) is 22.4. The maximum Gasteiger partial charge on any atom is 0.180 e. The molecule has 1 aliphatic rings. The van der Waals surface area contributed by atoms with Crippen LogP contribution in [0.2, 0.25) is 0 Å².